The number of hydrogen-bond acceptors (Lipinski definition) is 1. The van der Waals surface area contributed by atoms with Crippen LogP contribution in [0.4, 0.5) is 0 Å². The van der Waals surface area contributed by atoms with Crippen LogP contribution in [-0.2, 0) is 4.79 Å². The van der Waals surface area contributed by atoms with Crippen molar-refractivity contribution < 1.29 is 4.79 Å². The molecular formula is C18H19NO. The Morgan fingerprint density at radius 2 is 1.45 bits per heavy atom. The number of carbonyl (C=O) groups is 1. The molecule has 2 heteroatoms. The summed E-state index contributed by atoms with van der Waals surface area (Å²) in [5.74, 6) is 0.811. The number of aryl methyl sites for hydroxylation is 1. The summed E-state index contributed by atoms with van der Waals surface area (Å²) in [6, 6.07) is 18.9. The molecule has 1 aliphatic rings. The van der Waals surface area contributed by atoms with Crippen LogP contribution in [0.5, 0.6) is 0 Å². The van der Waals surface area contributed by atoms with Gasteiger partial charge in [0.2, 0.25) is 5.91 Å². The van der Waals surface area contributed by atoms with Crippen LogP contribution in [0, 0.1) is 12.8 Å². The van der Waals surface area contributed by atoms with Crippen molar-refractivity contribution in [2.24, 2.45) is 5.92 Å². The molecule has 0 heterocycles. The standard InChI is InChI=1S/C18H19NO/c1-12-8-10-14(11-9-12)16-15(17(16)18(20)19-2)13-6-4-3-5-7-13/h3-11,15-17H,1-2H3,(H,19,20). The van der Waals surface area contributed by atoms with Crippen LogP contribution in [0.15, 0.2) is 54.6 Å². The summed E-state index contributed by atoms with van der Waals surface area (Å²) in [6.07, 6.45) is 0. The Hall–Kier alpha value is -2.09. The first-order chi connectivity index (χ1) is 9.72. The zero-order valence-electron chi connectivity index (χ0n) is 11.8. The van der Waals surface area contributed by atoms with E-state index >= 15 is 0 Å². The molecule has 2 aromatic carbocycles. The zero-order valence-corrected chi connectivity index (χ0v) is 11.8. The summed E-state index contributed by atoms with van der Waals surface area (Å²) in [5.41, 5.74) is 3.77. The maximum atomic E-state index is 12.1. The van der Waals surface area contributed by atoms with Gasteiger partial charge in [0.15, 0.2) is 0 Å². The van der Waals surface area contributed by atoms with E-state index in [4.69, 9.17) is 0 Å². The van der Waals surface area contributed by atoms with Crippen LogP contribution < -0.4 is 5.32 Å². The lowest BCUT2D eigenvalue weighted by atomic mass is 10.0. The summed E-state index contributed by atoms with van der Waals surface area (Å²) in [7, 11) is 1.72. The molecular weight excluding hydrogens is 246 g/mol. The largest absolute Gasteiger partial charge is 0.359 e. The molecule has 1 aliphatic carbocycles. The molecule has 1 N–H and O–H groups in total. The van der Waals surface area contributed by atoms with E-state index in [-0.39, 0.29) is 11.8 Å². The Labute approximate surface area is 119 Å². The fourth-order valence-electron chi connectivity index (χ4n) is 3.10. The second-order valence-corrected chi connectivity index (χ2v) is 5.51. The molecule has 2 aromatic rings. The van der Waals surface area contributed by atoms with Crippen molar-refractivity contribution in [3.8, 4) is 0 Å². The maximum Gasteiger partial charge on any atom is 0.224 e. The molecule has 0 spiro atoms. The van der Waals surface area contributed by atoms with Crippen molar-refractivity contribution in [3.05, 3.63) is 71.3 Å². The highest BCUT2D eigenvalue weighted by molar-refractivity contribution is 5.85. The fourth-order valence-corrected chi connectivity index (χ4v) is 3.10. The molecule has 2 nitrogen and oxygen atoms in total. The Morgan fingerprint density at radius 3 is 2.00 bits per heavy atom. The van der Waals surface area contributed by atoms with E-state index in [1.54, 1.807) is 7.05 Å². The van der Waals surface area contributed by atoms with Crippen molar-refractivity contribution in [2.45, 2.75) is 18.8 Å². The van der Waals surface area contributed by atoms with Gasteiger partial charge in [-0.15, -0.1) is 0 Å². The molecule has 3 unspecified atom stereocenters. The Balaban J connectivity index is 1.92. The minimum Gasteiger partial charge on any atom is -0.359 e. The van der Waals surface area contributed by atoms with Crippen molar-refractivity contribution in [3.63, 3.8) is 0 Å². The van der Waals surface area contributed by atoms with Gasteiger partial charge in [0.05, 0.1) is 5.92 Å². The average molecular weight is 265 g/mol. The number of amides is 1. The smallest absolute Gasteiger partial charge is 0.224 e. The molecule has 102 valence electrons. The van der Waals surface area contributed by atoms with E-state index in [1.165, 1.54) is 16.7 Å². The normalized spacial score (nSPS) is 24.2. The van der Waals surface area contributed by atoms with Crippen molar-refractivity contribution in [1.29, 1.82) is 0 Å². The van der Waals surface area contributed by atoms with Crippen LogP contribution in [0.25, 0.3) is 0 Å². The Morgan fingerprint density at radius 1 is 0.900 bits per heavy atom. The van der Waals surface area contributed by atoms with Gasteiger partial charge in [0, 0.05) is 18.9 Å². The van der Waals surface area contributed by atoms with Gasteiger partial charge in [0.1, 0.15) is 0 Å². The molecule has 1 saturated carbocycles. The van der Waals surface area contributed by atoms with Gasteiger partial charge in [-0.2, -0.15) is 0 Å². The molecule has 3 atom stereocenters. The van der Waals surface area contributed by atoms with Gasteiger partial charge in [0.25, 0.3) is 0 Å². The zero-order chi connectivity index (χ0) is 14.1. The van der Waals surface area contributed by atoms with E-state index in [2.05, 4.69) is 48.6 Å². The maximum absolute atomic E-state index is 12.1. The van der Waals surface area contributed by atoms with Gasteiger partial charge in [-0.1, -0.05) is 60.2 Å². The number of carbonyl (C=O) groups excluding carboxylic acids is 1. The lowest BCUT2D eigenvalue weighted by Gasteiger charge is -2.01. The third-order valence-corrected chi connectivity index (χ3v) is 4.22. The van der Waals surface area contributed by atoms with Gasteiger partial charge < -0.3 is 5.32 Å². The molecule has 0 saturated heterocycles. The van der Waals surface area contributed by atoms with Gasteiger partial charge >= 0.3 is 0 Å². The Kier molecular flexibility index (Phi) is 3.31. The first-order valence-corrected chi connectivity index (χ1v) is 7.05. The molecule has 3 rings (SSSR count). The van der Waals surface area contributed by atoms with Crippen molar-refractivity contribution >= 4 is 5.91 Å². The fraction of sp³-hybridized carbons (Fsp3) is 0.278. The van der Waals surface area contributed by atoms with E-state index in [9.17, 15) is 4.79 Å². The minimum absolute atomic E-state index is 0.0603. The number of nitrogens with one attached hydrogen (secondary N) is 1. The summed E-state index contributed by atoms with van der Waals surface area (Å²) in [5, 5.41) is 2.80. The van der Waals surface area contributed by atoms with Crippen LogP contribution in [0.3, 0.4) is 0 Å². The second kappa shape index (κ2) is 5.12. The SMILES string of the molecule is CNC(=O)C1C(c2ccccc2)C1c1ccc(C)cc1. The van der Waals surface area contributed by atoms with Crippen LogP contribution >= 0.6 is 0 Å². The van der Waals surface area contributed by atoms with Gasteiger partial charge in [-0.3, -0.25) is 4.79 Å². The van der Waals surface area contributed by atoms with Crippen molar-refractivity contribution in [1.82, 2.24) is 5.32 Å². The number of hydrogen-bond donors (Lipinski definition) is 1. The third kappa shape index (κ3) is 2.22. The highest BCUT2D eigenvalue weighted by atomic mass is 16.2. The Bertz CT molecular complexity index is 603. The van der Waals surface area contributed by atoms with E-state index in [0.29, 0.717) is 11.8 Å². The first-order valence-electron chi connectivity index (χ1n) is 7.05. The molecule has 1 fully saturated rings. The monoisotopic (exact) mass is 265 g/mol. The van der Waals surface area contributed by atoms with Crippen molar-refractivity contribution in [2.75, 3.05) is 7.05 Å². The third-order valence-electron chi connectivity index (χ3n) is 4.22. The van der Waals surface area contributed by atoms with E-state index < -0.39 is 0 Å². The minimum atomic E-state index is 0.0603. The molecule has 0 radical (unpaired) electrons. The second-order valence-electron chi connectivity index (χ2n) is 5.51. The molecule has 0 bridgehead atoms. The topological polar surface area (TPSA) is 29.1 Å². The summed E-state index contributed by atoms with van der Waals surface area (Å²) in [6.45, 7) is 2.08. The molecule has 1 amide bonds. The highest BCUT2D eigenvalue weighted by Crippen LogP contribution is 2.60. The predicted octanol–water partition coefficient (Wildman–Crippen LogP) is 3.24. The first kappa shape index (κ1) is 12.9. The number of rotatable bonds is 3. The van der Waals surface area contributed by atoms with Crippen LogP contribution in [0.2, 0.25) is 0 Å². The summed E-state index contributed by atoms with van der Waals surface area (Å²) < 4.78 is 0. The van der Waals surface area contributed by atoms with Gasteiger partial charge in [-0.05, 0) is 18.1 Å². The highest BCUT2D eigenvalue weighted by Gasteiger charge is 2.55. The molecule has 20 heavy (non-hydrogen) atoms. The lowest BCUT2D eigenvalue weighted by molar-refractivity contribution is -0.122. The summed E-state index contributed by atoms with van der Waals surface area (Å²) in [4.78, 5) is 12.1. The molecule has 0 aromatic heterocycles. The van der Waals surface area contributed by atoms with E-state index in [1.807, 2.05) is 18.2 Å². The summed E-state index contributed by atoms with van der Waals surface area (Å²) >= 11 is 0. The predicted molar refractivity (Wildman–Crippen MR) is 80.7 cm³/mol. The van der Waals surface area contributed by atoms with Gasteiger partial charge in [-0.25, -0.2) is 0 Å². The molecule has 0 aliphatic heterocycles. The lowest BCUT2D eigenvalue weighted by Crippen LogP contribution is -2.20. The average Bonchev–Trinajstić information content (AvgIpc) is 3.23. The number of benzene rings is 2. The van der Waals surface area contributed by atoms with E-state index in [0.717, 1.165) is 0 Å². The van der Waals surface area contributed by atoms with Crippen LogP contribution in [0.1, 0.15) is 28.5 Å². The quantitative estimate of drug-likeness (QED) is 0.907. The van der Waals surface area contributed by atoms with Crippen LogP contribution in [-0.4, -0.2) is 13.0 Å².